The number of ether oxygens (including phenoxy) is 1. The highest BCUT2D eigenvalue weighted by Gasteiger charge is 2.21. The van der Waals surface area contributed by atoms with Crippen LogP contribution in [0.25, 0.3) is 0 Å². The van der Waals surface area contributed by atoms with Crippen molar-refractivity contribution in [2.24, 2.45) is 0 Å². The van der Waals surface area contributed by atoms with Gasteiger partial charge in [-0.05, 0) is 55.3 Å². The summed E-state index contributed by atoms with van der Waals surface area (Å²) in [6.45, 7) is 2.34. The first-order valence-electron chi connectivity index (χ1n) is 8.71. The number of hydrogen-bond acceptors (Lipinski definition) is 3. The summed E-state index contributed by atoms with van der Waals surface area (Å²) in [7, 11) is 0. The predicted octanol–water partition coefficient (Wildman–Crippen LogP) is 2.93. The number of para-hydroxylation sites is 1. The van der Waals surface area contributed by atoms with Gasteiger partial charge in [0.05, 0.1) is 0 Å². The molecule has 0 radical (unpaired) electrons. The van der Waals surface area contributed by atoms with Crippen LogP contribution in [0.3, 0.4) is 0 Å². The summed E-state index contributed by atoms with van der Waals surface area (Å²) in [6.07, 6.45) is 3.03. The Morgan fingerprint density at radius 3 is 2.64 bits per heavy atom. The molecule has 1 amide bonds. The lowest BCUT2D eigenvalue weighted by Gasteiger charge is -2.12. The fraction of sp³-hybridized carbons (Fsp3) is 0.350. The van der Waals surface area contributed by atoms with Crippen LogP contribution >= 0.6 is 0 Å². The molecule has 1 atom stereocenters. The van der Waals surface area contributed by atoms with Gasteiger partial charge in [-0.2, -0.15) is 0 Å². The molecule has 2 aromatic rings. The monoisotopic (exact) mass is 342 g/mol. The summed E-state index contributed by atoms with van der Waals surface area (Å²) < 4.78 is 18.7. The molecule has 25 heavy (non-hydrogen) atoms. The van der Waals surface area contributed by atoms with Gasteiger partial charge < -0.3 is 15.4 Å². The van der Waals surface area contributed by atoms with Crippen molar-refractivity contribution in [3.63, 3.8) is 0 Å². The van der Waals surface area contributed by atoms with Crippen molar-refractivity contribution in [2.75, 3.05) is 19.6 Å². The minimum absolute atomic E-state index is 0.162. The number of benzene rings is 2. The highest BCUT2D eigenvalue weighted by molar-refractivity contribution is 5.94. The molecule has 0 spiro atoms. The number of unbranched alkanes of at least 4 members (excludes halogenated alkanes) is 1. The number of nitrogens with one attached hydrogen (secondary N) is 2. The third-order valence-electron chi connectivity index (χ3n) is 4.26. The van der Waals surface area contributed by atoms with Crippen LogP contribution in [0, 0.1) is 5.82 Å². The maximum atomic E-state index is 12.8. The second kappa shape index (κ2) is 8.62. The molecule has 5 heteroatoms. The average Bonchev–Trinajstić information content (AvgIpc) is 3.04. The van der Waals surface area contributed by atoms with Crippen LogP contribution in [-0.2, 0) is 6.42 Å². The van der Waals surface area contributed by atoms with Gasteiger partial charge in [-0.1, -0.05) is 18.2 Å². The number of rotatable bonds is 8. The van der Waals surface area contributed by atoms with Crippen molar-refractivity contribution in [3.8, 4) is 5.75 Å². The van der Waals surface area contributed by atoms with Crippen LogP contribution in [0.4, 0.5) is 4.39 Å². The van der Waals surface area contributed by atoms with Gasteiger partial charge in [-0.15, -0.1) is 0 Å². The van der Waals surface area contributed by atoms with Crippen LogP contribution < -0.4 is 15.4 Å². The molecule has 0 saturated carbocycles. The predicted molar refractivity (Wildman–Crippen MR) is 95.4 cm³/mol. The molecule has 1 unspecified atom stereocenters. The van der Waals surface area contributed by atoms with Gasteiger partial charge in [-0.3, -0.25) is 4.79 Å². The van der Waals surface area contributed by atoms with E-state index < -0.39 is 0 Å². The first-order chi connectivity index (χ1) is 12.2. The van der Waals surface area contributed by atoms with Crippen molar-refractivity contribution in [2.45, 2.75) is 25.4 Å². The summed E-state index contributed by atoms with van der Waals surface area (Å²) in [5.41, 5.74) is 1.76. The molecule has 0 aromatic heterocycles. The lowest BCUT2D eigenvalue weighted by molar-refractivity contribution is 0.0953. The highest BCUT2D eigenvalue weighted by Crippen LogP contribution is 2.27. The zero-order valence-corrected chi connectivity index (χ0v) is 14.1. The SMILES string of the molecule is O=C(NCCCCNCC1Cc2ccccc2O1)c1ccc(F)cc1. The molecule has 0 aliphatic carbocycles. The number of carbonyl (C=O) groups excluding carboxylic acids is 1. The molecular weight excluding hydrogens is 319 g/mol. The largest absolute Gasteiger partial charge is 0.488 e. The first-order valence-corrected chi connectivity index (χ1v) is 8.71. The lowest BCUT2D eigenvalue weighted by atomic mass is 10.1. The second-order valence-corrected chi connectivity index (χ2v) is 6.23. The average molecular weight is 342 g/mol. The van der Waals surface area contributed by atoms with Gasteiger partial charge in [-0.25, -0.2) is 4.39 Å². The van der Waals surface area contributed by atoms with Crippen LogP contribution in [0.2, 0.25) is 0 Å². The van der Waals surface area contributed by atoms with E-state index in [-0.39, 0.29) is 17.8 Å². The number of hydrogen-bond donors (Lipinski definition) is 2. The van der Waals surface area contributed by atoms with E-state index >= 15 is 0 Å². The maximum Gasteiger partial charge on any atom is 0.251 e. The van der Waals surface area contributed by atoms with Crippen LogP contribution in [0.5, 0.6) is 5.75 Å². The molecule has 0 fully saturated rings. The molecule has 4 nitrogen and oxygen atoms in total. The normalized spacial score (nSPS) is 15.5. The zero-order chi connectivity index (χ0) is 17.5. The quantitative estimate of drug-likeness (QED) is 0.725. The number of fused-ring (bicyclic) bond motifs is 1. The summed E-state index contributed by atoms with van der Waals surface area (Å²) in [5.74, 6) is 0.500. The van der Waals surface area contributed by atoms with Gasteiger partial charge in [0.25, 0.3) is 5.91 Å². The topological polar surface area (TPSA) is 50.4 Å². The summed E-state index contributed by atoms with van der Waals surface area (Å²) in [6, 6.07) is 13.7. The summed E-state index contributed by atoms with van der Waals surface area (Å²) in [5, 5.41) is 6.26. The Bertz CT molecular complexity index is 678. The van der Waals surface area contributed by atoms with Crippen molar-refractivity contribution in [1.82, 2.24) is 10.6 Å². The van der Waals surface area contributed by atoms with Gasteiger partial charge in [0.1, 0.15) is 17.7 Å². The fourth-order valence-electron chi connectivity index (χ4n) is 2.91. The minimum Gasteiger partial charge on any atom is -0.488 e. The lowest BCUT2D eigenvalue weighted by Crippen LogP contribution is -2.31. The van der Waals surface area contributed by atoms with E-state index in [1.54, 1.807) is 0 Å². The molecule has 132 valence electrons. The zero-order valence-electron chi connectivity index (χ0n) is 14.1. The van der Waals surface area contributed by atoms with Crippen LogP contribution in [0.15, 0.2) is 48.5 Å². The molecule has 0 bridgehead atoms. The maximum absolute atomic E-state index is 12.8. The fourth-order valence-corrected chi connectivity index (χ4v) is 2.91. The number of halogens is 1. The van der Waals surface area contributed by atoms with Crippen LogP contribution in [-0.4, -0.2) is 31.6 Å². The van der Waals surface area contributed by atoms with E-state index in [0.29, 0.717) is 12.1 Å². The summed E-state index contributed by atoms with van der Waals surface area (Å²) >= 11 is 0. The molecule has 2 N–H and O–H groups in total. The van der Waals surface area contributed by atoms with Crippen molar-refractivity contribution in [1.29, 1.82) is 0 Å². The Morgan fingerprint density at radius 2 is 1.84 bits per heavy atom. The molecular formula is C20H23FN2O2. The van der Waals surface area contributed by atoms with Crippen molar-refractivity contribution in [3.05, 3.63) is 65.5 Å². The first kappa shape index (κ1) is 17.4. The standard InChI is InChI=1S/C20H23FN2O2/c21-17-9-7-15(8-10-17)20(24)23-12-4-3-11-22-14-18-13-16-5-1-2-6-19(16)25-18/h1-2,5-10,18,22H,3-4,11-14H2,(H,23,24). The van der Waals surface area contributed by atoms with Crippen molar-refractivity contribution >= 4 is 5.91 Å². The number of carbonyl (C=O) groups is 1. The van der Waals surface area contributed by atoms with Gasteiger partial charge in [0, 0.05) is 25.1 Å². The third-order valence-corrected chi connectivity index (χ3v) is 4.26. The van der Waals surface area contributed by atoms with Gasteiger partial charge in [0.15, 0.2) is 0 Å². The summed E-state index contributed by atoms with van der Waals surface area (Å²) in [4.78, 5) is 11.9. The number of amides is 1. The molecule has 1 heterocycles. The minimum atomic E-state index is -0.336. The molecule has 1 aliphatic heterocycles. The van der Waals surface area contributed by atoms with E-state index in [0.717, 1.165) is 38.1 Å². The molecule has 1 aliphatic rings. The Kier molecular flexibility index (Phi) is 6.01. The smallest absolute Gasteiger partial charge is 0.251 e. The van der Waals surface area contributed by atoms with Gasteiger partial charge in [0.2, 0.25) is 0 Å². The van der Waals surface area contributed by atoms with Crippen LogP contribution in [0.1, 0.15) is 28.8 Å². The Balaban J connectivity index is 1.24. The van der Waals surface area contributed by atoms with Gasteiger partial charge >= 0.3 is 0 Å². The van der Waals surface area contributed by atoms with E-state index in [4.69, 9.17) is 4.74 Å². The molecule has 0 saturated heterocycles. The molecule has 3 rings (SSSR count). The Morgan fingerprint density at radius 1 is 1.08 bits per heavy atom. The van der Waals surface area contributed by atoms with Crippen molar-refractivity contribution < 1.29 is 13.9 Å². The Hall–Kier alpha value is -2.40. The van der Waals surface area contributed by atoms with E-state index in [1.165, 1.54) is 29.8 Å². The molecule has 2 aromatic carbocycles. The van der Waals surface area contributed by atoms with E-state index in [1.807, 2.05) is 18.2 Å². The Labute approximate surface area is 147 Å². The van der Waals surface area contributed by atoms with E-state index in [9.17, 15) is 9.18 Å². The second-order valence-electron chi connectivity index (χ2n) is 6.23. The highest BCUT2D eigenvalue weighted by atomic mass is 19.1. The van der Waals surface area contributed by atoms with E-state index in [2.05, 4.69) is 16.7 Å². The third kappa shape index (κ3) is 5.03.